The van der Waals surface area contributed by atoms with Crippen molar-refractivity contribution in [3.05, 3.63) is 69.2 Å². The van der Waals surface area contributed by atoms with E-state index in [0.29, 0.717) is 34.6 Å². The van der Waals surface area contributed by atoms with Gasteiger partial charge >= 0.3 is 0 Å². The average molecular weight is 446 g/mol. The highest BCUT2D eigenvalue weighted by Crippen LogP contribution is 2.31. The monoisotopic (exact) mass is 444 g/mol. The molecule has 2 aromatic heterocycles. The Hall–Kier alpha value is -2.22. The van der Waals surface area contributed by atoms with Gasteiger partial charge in [0.25, 0.3) is 6.43 Å². The summed E-state index contributed by atoms with van der Waals surface area (Å²) in [6.07, 6.45) is 0.499. The lowest BCUT2D eigenvalue weighted by atomic mass is 10.2. The van der Waals surface area contributed by atoms with Crippen LogP contribution in [0, 0.1) is 0 Å². The number of benzene rings is 1. The first-order valence-electron chi connectivity index (χ1n) is 8.04. The van der Waals surface area contributed by atoms with Crippen molar-refractivity contribution >= 4 is 40.6 Å². The zero-order valence-electron chi connectivity index (χ0n) is 14.2. The number of hydrogen-bond acceptors (Lipinski definition) is 5. The number of alkyl halides is 2. The molecule has 5 nitrogen and oxygen atoms in total. The van der Waals surface area contributed by atoms with Gasteiger partial charge in [0.05, 0.1) is 5.02 Å². The first kappa shape index (κ1) is 20.5. The van der Waals surface area contributed by atoms with Crippen LogP contribution in [0.2, 0.25) is 15.1 Å². The lowest BCUT2D eigenvalue weighted by Crippen LogP contribution is -2.08. The van der Waals surface area contributed by atoms with Crippen LogP contribution in [0.4, 0.5) is 14.6 Å². The molecular formula is C18H13Cl3F2N4O. The number of hydrogen-bond donors (Lipinski definition) is 1. The summed E-state index contributed by atoms with van der Waals surface area (Å²) < 4.78 is 31.2. The number of halogens is 5. The molecule has 3 rings (SSSR count). The summed E-state index contributed by atoms with van der Waals surface area (Å²) in [7, 11) is 0. The number of ether oxygens (including phenoxy) is 1. The molecule has 0 spiro atoms. The largest absolute Gasteiger partial charge is 0.437 e. The average Bonchev–Trinajstić information content (AvgIpc) is 2.66. The van der Waals surface area contributed by atoms with Gasteiger partial charge in [0.15, 0.2) is 0 Å². The zero-order chi connectivity index (χ0) is 20.1. The number of nitrogens with zero attached hydrogens (tertiary/aromatic N) is 3. The second-order valence-corrected chi connectivity index (χ2v) is 6.80. The van der Waals surface area contributed by atoms with Crippen molar-refractivity contribution in [3.63, 3.8) is 0 Å². The van der Waals surface area contributed by atoms with Gasteiger partial charge in [-0.15, -0.1) is 0 Å². The fourth-order valence-electron chi connectivity index (χ4n) is 2.27. The Labute approximate surface area is 174 Å². The Kier molecular flexibility index (Phi) is 6.83. The molecule has 1 N–H and O–H groups in total. The van der Waals surface area contributed by atoms with E-state index in [1.54, 1.807) is 30.5 Å². The topological polar surface area (TPSA) is 59.9 Å². The quantitative estimate of drug-likeness (QED) is 0.468. The third-order valence-electron chi connectivity index (χ3n) is 3.64. The van der Waals surface area contributed by atoms with Crippen LogP contribution >= 0.6 is 34.8 Å². The Morgan fingerprint density at radius 2 is 1.86 bits per heavy atom. The van der Waals surface area contributed by atoms with Crippen molar-refractivity contribution in [1.29, 1.82) is 0 Å². The summed E-state index contributed by atoms with van der Waals surface area (Å²) in [4.78, 5) is 11.6. The standard InChI is InChI=1S/C18H13Cl3F2N4O/c19-11-2-3-13(12(20)7-11)28-14-4-1-10(8-25-14)5-6-24-18-15(21)16(17(22)23)26-9-27-18/h1-4,7-9,17H,5-6H2,(H,24,26,27). The highest BCUT2D eigenvalue weighted by molar-refractivity contribution is 6.35. The molecule has 0 fully saturated rings. The molecule has 0 aliphatic heterocycles. The summed E-state index contributed by atoms with van der Waals surface area (Å²) in [5, 5.41) is 3.63. The van der Waals surface area contributed by atoms with Crippen LogP contribution in [0.3, 0.4) is 0 Å². The maximum absolute atomic E-state index is 12.8. The summed E-state index contributed by atoms with van der Waals surface area (Å²) in [6, 6.07) is 8.44. The van der Waals surface area contributed by atoms with Gasteiger partial charge in [-0.1, -0.05) is 40.9 Å². The smallest absolute Gasteiger partial charge is 0.282 e. The molecule has 28 heavy (non-hydrogen) atoms. The molecule has 0 saturated carbocycles. The first-order chi connectivity index (χ1) is 13.4. The normalized spacial score (nSPS) is 10.9. The van der Waals surface area contributed by atoms with Gasteiger partial charge in [-0.2, -0.15) is 0 Å². The third-order valence-corrected chi connectivity index (χ3v) is 4.54. The first-order valence-corrected chi connectivity index (χ1v) is 9.17. The van der Waals surface area contributed by atoms with E-state index in [1.165, 1.54) is 0 Å². The molecule has 0 radical (unpaired) electrons. The molecule has 146 valence electrons. The molecule has 0 aliphatic carbocycles. The minimum Gasteiger partial charge on any atom is -0.437 e. The fraction of sp³-hybridized carbons (Fsp3) is 0.167. The van der Waals surface area contributed by atoms with Crippen LogP contribution in [0.15, 0.2) is 42.9 Å². The van der Waals surface area contributed by atoms with Crippen LogP contribution < -0.4 is 10.1 Å². The lowest BCUT2D eigenvalue weighted by Gasteiger charge is -2.10. The molecular weight excluding hydrogens is 433 g/mol. The molecule has 10 heteroatoms. The van der Waals surface area contributed by atoms with E-state index in [-0.39, 0.29) is 10.8 Å². The second kappa shape index (κ2) is 9.32. The van der Waals surface area contributed by atoms with E-state index < -0.39 is 12.1 Å². The van der Waals surface area contributed by atoms with Crippen LogP contribution in [0.1, 0.15) is 17.7 Å². The minimum atomic E-state index is -2.76. The predicted octanol–water partition coefficient (Wildman–Crippen LogP) is 6.22. The maximum atomic E-state index is 12.8. The number of nitrogens with one attached hydrogen (secondary N) is 1. The molecule has 0 unspecified atom stereocenters. The van der Waals surface area contributed by atoms with E-state index in [1.807, 2.05) is 6.07 Å². The molecule has 3 aromatic rings. The Morgan fingerprint density at radius 1 is 1.04 bits per heavy atom. The van der Waals surface area contributed by atoms with Crippen LogP contribution in [-0.2, 0) is 6.42 Å². The number of rotatable bonds is 7. The van der Waals surface area contributed by atoms with Gasteiger partial charge in [-0.3, -0.25) is 0 Å². The van der Waals surface area contributed by atoms with Gasteiger partial charge in [-0.05, 0) is 30.2 Å². The van der Waals surface area contributed by atoms with Crippen LogP contribution in [0.5, 0.6) is 11.6 Å². The summed E-state index contributed by atoms with van der Waals surface area (Å²) >= 11 is 17.8. The molecule has 2 heterocycles. The Morgan fingerprint density at radius 3 is 2.54 bits per heavy atom. The van der Waals surface area contributed by atoms with Crippen molar-refractivity contribution in [2.24, 2.45) is 0 Å². The molecule has 0 atom stereocenters. The molecule has 0 amide bonds. The highest BCUT2D eigenvalue weighted by Gasteiger charge is 2.17. The lowest BCUT2D eigenvalue weighted by molar-refractivity contribution is 0.146. The van der Waals surface area contributed by atoms with Gasteiger partial charge in [-0.25, -0.2) is 23.7 Å². The molecule has 0 aliphatic rings. The van der Waals surface area contributed by atoms with Crippen molar-refractivity contribution in [1.82, 2.24) is 15.0 Å². The second-order valence-electron chi connectivity index (χ2n) is 5.58. The maximum Gasteiger partial charge on any atom is 0.282 e. The van der Waals surface area contributed by atoms with Crippen molar-refractivity contribution < 1.29 is 13.5 Å². The van der Waals surface area contributed by atoms with E-state index in [0.717, 1.165) is 11.9 Å². The van der Waals surface area contributed by atoms with E-state index >= 15 is 0 Å². The number of anilines is 1. The van der Waals surface area contributed by atoms with Gasteiger partial charge < -0.3 is 10.1 Å². The van der Waals surface area contributed by atoms with E-state index in [4.69, 9.17) is 39.5 Å². The summed E-state index contributed by atoms with van der Waals surface area (Å²) in [6.45, 7) is 0.421. The van der Waals surface area contributed by atoms with E-state index in [2.05, 4.69) is 20.3 Å². The van der Waals surface area contributed by atoms with Crippen molar-refractivity contribution in [3.8, 4) is 11.6 Å². The summed E-state index contributed by atoms with van der Waals surface area (Å²) in [5.41, 5.74) is 0.407. The predicted molar refractivity (Wildman–Crippen MR) is 105 cm³/mol. The van der Waals surface area contributed by atoms with Crippen molar-refractivity contribution in [2.75, 3.05) is 11.9 Å². The van der Waals surface area contributed by atoms with Gasteiger partial charge in [0.2, 0.25) is 5.88 Å². The number of pyridine rings is 1. The molecule has 0 bridgehead atoms. The number of aromatic nitrogens is 3. The zero-order valence-corrected chi connectivity index (χ0v) is 16.4. The molecule has 0 saturated heterocycles. The van der Waals surface area contributed by atoms with Gasteiger partial charge in [0.1, 0.15) is 28.6 Å². The van der Waals surface area contributed by atoms with E-state index in [9.17, 15) is 8.78 Å². The third kappa shape index (κ3) is 5.19. The Balaban J connectivity index is 1.57. The molecule has 1 aromatic carbocycles. The fourth-order valence-corrected chi connectivity index (χ4v) is 2.97. The van der Waals surface area contributed by atoms with Crippen LogP contribution in [0.25, 0.3) is 0 Å². The highest BCUT2D eigenvalue weighted by atomic mass is 35.5. The summed E-state index contributed by atoms with van der Waals surface area (Å²) in [5.74, 6) is 0.986. The van der Waals surface area contributed by atoms with Gasteiger partial charge in [0, 0.05) is 23.8 Å². The van der Waals surface area contributed by atoms with Crippen LogP contribution in [-0.4, -0.2) is 21.5 Å². The minimum absolute atomic E-state index is 0.164. The SMILES string of the molecule is FC(F)c1ncnc(NCCc2ccc(Oc3ccc(Cl)cc3Cl)nc2)c1Cl. The van der Waals surface area contributed by atoms with Crippen molar-refractivity contribution in [2.45, 2.75) is 12.8 Å². The Bertz CT molecular complexity index is 958.